The van der Waals surface area contributed by atoms with Crippen molar-refractivity contribution in [1.82, 2.24) is 10.6 Å². The monoisotopic (exact) mass is 686 g/mol. The molecule has 3 N–H and O–H groups in total. The van der Waals surface area contributed by atoms with Gasteiger partial charge in [-0.25, -0.2) is 14.2 Å². The molecular weight excluding hydrogens is 659 g/mol. The van der Waals surface area contributed by atoms with Gasteiger partial charge in [0.25, 0.3) is 0 Å². The van der Waals surface area contributed by atoms with E-state index in [-0.39, 0.29) is 19.6 Å². The molecule has 1 fully saturated rings. The number of amides is 2. The lowest BCUT2D eigenvalue weighted by Crippen LogP contribution is -2.47. The molecule has 5 atom stereocenters. The van der Waals surface area contributed by atoms with Crippen molar-refractivity contribution in [3.63, 3.8) is 0 Å². The lowest BCUT2D eigenvalue weighted by molar-refractivity contribution is -0.0320. The van der Waals surface area contributed by atoms with Gasteiger partial charge < -0.3 is 24.4 Å². The van der Waals surface area contributed by atoms with Gasteiger partial charge in [-0.1, -0.05) is 36.3 Å². The fourth-order valence-corrected chi connectivity index (χ4v) is 4.54. The Hall–Kier alpha value is -6.57. The van der Waals surface area contributed by atoms with Gasteiger partial charge in [0.05, 0.1) is 6.04 Å². The molecule has 0 heterocycles. The molecule has 1 aromatic carbocycles. The standard InChI is InChI=1S/C38H27N2O9P/c1-4-5-6-7-8-9-10-11-12-13-14-15-16-17-18-19-20-21-25-28-39-37(41)40-34-29-33(35(36(34)45-2)49-50(43,44)46-3)31-48-38(42)47-30-32-26-23-22-24-27-32/h22-24,26-27,33-36H,29-31H2,1-3H3,(H,43,44)(H2,39,40,41)/t33-,34-,35?,36-/m1/s1. The van der Waals surface area contributed by atoms with Gasteiger partial charge in [0.15, 0.2) is 0 Å². The number of carbonyl (C=O) groups excluding carboxylic acids is 2. The third kappa shape index (κ3) is 16.8. The van der Waals surface area contributed by atoms with Crippen LogP contribution in [0.25, 0.3) is 0 Å². The third-order valence-corrected chi connectivity index (χ3v) is 6.83. The van der Waals surface area contributed by atoms with Gasteiger partial charge in [-0.2, -0.15) is 0 Å². The van der Waals surface area contributed by atoms with E-state index in [0.717, 1.165) is 12.7 Å². The number of phosphoric acid groups is 1. The van der Waals surface area contributed by atoms with Crippen LogP contribution in [0.5, 0.6) is 0 Å². The first-order valence-electron chi connectivity index (χ1n) is 14.2. The molecule has 1 saturated carbocycles. The molecule has 1 aliphatic rings. The van der Waals surface area contributed by atoms with Crippen molar-refractivity contribution in [3.05, 3.63) is 35.9 Å². The molecule has 0 spiro atoms. The summed E-state index contributed by atoms with van der Waals surface area (Å²) in [5, 5.41) is 4.96. The van der Waals surface area contributed by atoms with E-state index in [1.165, 1.54) is 7.11 Å². The minimum absolute atomic E-state index is 0.00919. The Bertz CT molecular complexity index is 2080. The minimum Gasteiger partial charge on any atom is -0.434 e. The Morgan fingerprint density at radius 1 is 0.780 bits per heavy atom. The number of nitrogens with one attached hydrogen (secondary N) is 2. The molecule has 0 aromatic heterocycles. The number of phosphoric ester groups is 1. The second-order valence-corrected chi connectivity index (χ2v) is 10.6. The van der Waals surface area contributed by atoms with E-state index in [1.54, 1.807) is 31.2 Å². The van der Waals surface area contributed by atoms with E-state index in [2.05, 4.69) is 134 Å². The summed E-state index contributed by atoms with van der Waals surface area (Å²) in [5.41, 5.74) is 0.759. The number of carbonyl (C=O) groups is 2. The largest absolute Gasteiger partial charge is 0.508 e. The van der Waals surface area contributed by atoms with Gasteiger partial charge in [-0.05, 0) is 66.3 Å². The number of benzene rings is 1. The smallest absolute Gasteiger partial charge is 0.434 e. The second kappa shape index (κ2) is 23.7. The molecule has 0 aliphatic heterocycles. The van der Waals surface area contributed by atoms with Crippen LogP contribution in [0.15, 0.2) is 30.3 Å². The number of urea groups is 1. The van der Waals surface area contributed by atoms with Crippen molar-refractivity contribution in [1.29, 1.82) is 0 Å². The highest BCUT2D eigenvalue weighted by Crippen LogP contribution is 2.48. The highest BCUT2D eigenvalue weighted by molar-refractivity contribution is 7.47. The molecule has 0 bridgehead atoms. The summed E-state index contributed by atoms with van der Waals surface area (Å²) in [6.45, 7) is 1.40. The summed E-state index contributed by atoms with van der Waals surface area (Å²) in [6, 6.07) is 9.90. The van der Waals surface area contributed by atoms with Crippen LogP contribution in [-0.2, 0) is 34.4 Å². The topological polar surface area (TPSA) is 142 Å². The molecule has 0 saturated heterocycles. The van der Waals surface area contributed by atoms with Crippen LogP contribution in [0.1, 0.15) is 18.9 Å². The molecule has 2 amide bonds. The number of hydrogen-bond acceptors (Lipinski definition) is 8. The van der Waals surface area contributed by atoms with Crippen molar-refractivity contribution in [3.8, 4) is 119 Å². The van der Waals surface area contributed by atoms with Crippen LogP contribution in [0.2, 0.25) is 0 Å². The molecule has 248 valence electrons. The molecule has 50 heavy (non-hydrogen) atoms. The molecule has 11 nitrogen and oxygen atoms in total. The Morgan fingerprint density at radius 3 is 1.80 bits per heavy atom. The van der Waals surface area contributed by atoms with Gasteiger partial charge in [0.1, 0.15) is 25.4 Å². The van der Waals surface area contributed by atoms with Crippen LogP contribution >= 0.6 is 7.82 Å². The van der Waals surface area contributed by atoms with E-state index < -0.39 is 44.2 Å². The predicted octanol–water partition coefficient (Wildman–Crippen LogP) is 2.19. The highest BCUT2D eigenvalue weighted by Gasteiger charge is 2.48. The summed E-state index contributed by atoms with van der Waals surface area (Å²) in [7, 11) is -2.15. The fraction of sp³-hybridized carbons (Fsp3) is 0.263. The summed E-state index contributed by atoms with van der Waals surface area (Å²) in [6.07, 6.45) is -2.83. The van der Waals surface area contributed by atoms with Gasteiger partial charge in [-0.15, -0.1) is 0 Å². The number of hydrogen-bond donors (Lipinski definition) is 3. The van der Waals surface area contributed by atoms with Crippen LogP contribution in [-0.4, -0.2) is 56.2 Å². The predicted molar refractivity (Wildman–Crippen MR) is 182 cm³/mol. The maximum Gasteiger partial charge on any atom is 0.508 e. The Balaban J connectivity index is 1.89. The van der Waals surface area contributed by atoms with E-state index in [9.17, 15) is 19.0 Å². The quantitative estimate of drug-likeness (QED) is 0.154. The highest BCUT2D eigenvalue weighted by atomic mass is 31.2. The third-order valence-electron chi connectivity index (χ3n) is 5.86. The van der Waals surface area contributed by atoms with Crippen molar-refractivity contribution in [2.24, 2.45) is 5.92 Å². The van der Waals surface area contributed by atoms with Crippen LogP contribution in [0, 0.1) is 124 Å². The van der Waals surface area contributed by atoms with E-state index in [0.29, 0.717) is 0 Å². The van der Waals surface area contributed by atoms with Gasteiger partial charge >= 0.3 is 20.0 Å². The summed E-state index contributed by atoms with van der Waals surface area (Å²) in [5.74, 6) is 46.5. The fourth-order valence-electron chi connectivity index (χ4n) is 3.86. The summed E-state index contributed by atoms with van der Waals surface area (Å²) in [4.78, 5) is 34.7. The molecule has 2 unspecified atom stereocenters. The Morgan fingerprint density at radius 2 is 1.30 bits per heavy atom. The average molecular weight is 687 g/mol. The average Bonchev–Trinajstić information content (AvgIpc) is 3.43. The van der Waals surface area contributed by atoms with E-state index in [1.807, 2.05) is 6.07 Å². The van der Waals surface area contributed by atoms with Gasteiger partial charge in [-0.3, -0.25) is 14.4 Å². The number of ether oxygens (including phenoxy) is 3. The summed E-state index contributed by atoms with van der Waals surface area (Å²) >= 11 is 0. The van der Waals surface area contributed by atoms with Crippen LogP contribution in [0.3, 0.4) is 0 Å². The Labute approximate surface area is 291 Å². The van der Waals surface area contributed by atoms with Crippen molar-refractivity contribution < 1.29 is 42.3 Å². The van der Waals surface area contributed by atoms with Gasteiger partial charge in [0, 0.05) is 85.4 Å². The van der Waals surface area contributed by atoms with Crippen molar-refractivity contribution in [2.45, 2.75) is 38.2 Å². The number of methoxy groups -OCH3 is 1. The van der Waals surface area contributed by atoms with Crippen LogP contribution in [0.4, 0.5) is 9.59 Å². The maximum absolute atomic E-state index is 12.5. The lowest BCUT2D eigenvalue weighted by Gasteiger charge is -2.26. The zero-order valence-corrected chi connectivity index (χ0v) is 27.9. The van der Waals surface area contributed by atoms with Crippen molar-refractivity contribution in [2.75, 3.05) is 20.8 Å². The van der Waals surface area contributed by atoms with Crippen molar-refractivity contribution >= 4 is 20.0 Å². The molecule has 1 aliphatic carbocycles. The summed E-state index contributed by atoms with van der Waals surface area (Å²) < 4.78 is 37.9. The van der Waals surface area contributed by atoms with Gasteiger partial charge in [0.2, 0.25) is 0 Å². The van der Waals surface area contributed by atoms with E-state index in [4.69, 9.17) is 18.7 Å². The molecule has 0 radical (unpaired) electrons. The normalized spacial score (nSPS) is 16.7. The van der Waals surface area contributed by atoms with E-state index >= 15 is 0 Å². The zero-order valence-electron chi connectivity index (χ0n) is 27.0. The molecule has 2 rings (SSSR count). The Kier molecular flexibility index (Phi) is 18.8. The first-order chi connectivity index (χ1) is 24.3. The SMILES string of the molecule is CC#CC#CC#CC#CC#CC#CC#CC#CC#CC#CNC(=O)N[C@@H]1C[C@H](COC(=O)OCc2ccccc2)C(OP(=O)(O)OC)[C@@H]1OC. The first-order valence-corrected chi connectivity index (χ1v) is 15.7. The first kappa shape index (κ1) is 39.6. The number of rotatable bonds is 9. The maximum atomic E-state index is 12.5. The minimum atomic E-state index is -4.48. The molecule has 12 heteroatoms. The molecule has 1 aromatic rings. The zero-order chi connectivity index (χ0) is 36.3. The molecular formula is C38H27N2O9P. The second-order valence-electron chi connectivity index (χ2n) is 9.08. The lowest BCUT2D eigenvalue weighted by atomic mass is 10.1. The van der Waals surface area contributed by atoms with Crippen LogP contribution < -0.4 is 10.6 Å².